The van der Waals surface area contributed by atoms with Gasteiger partial charge < -0.3 is 9.84 Å². The Kier molecular flexibility index (Phi) is 6.85. The number of carbonyl (C=O) groups excluding carboxylic acids is 1. The van der Waals surface area contributed by atoms with E-state index in [2.05, 4.69) is 0 Å². The first-order valence-corrected chi connectivity index (χ1v) is 11.2. The lowest BCUT2D eigenvalue weighted by atomic mass is 9.76. The van der Waals surface area contributed by atoms with E-state index in [4.69, 9.17) is 26.7 Å². The summed E-state index contributed by atoms with van der Waals surface area (Å²) >= 11 is 5.84. The number of hydrogen-bond donors (Lipinski definition) is 3. The third-order valence-corrected chi connectivity index (χ3v) is 7.40. The largest absolute Gasteiger partial charge is 0.481 e. The molecule has 1 fully saturated rings. The van der Waals surface area contributed by atoms with Crippen molar-refractivity contribution in [2.45, 2.75) is 36.1 Å². The van der Waals surface area contributed by atoms with E-state index in [1.165, 1.54) is 29.7 Å². The number of benzene rings is 2. The maximum atomic E-state index is 13.3. The van der Waals surface area contributed by atoms with E-state index in [9.17, 15) is 18.0 Å². The van der Waals surface area contributed by atoms with Crippen molar-refractivity contribution in [3.63, 3.8) is 0 Å². The predicted molar refractivity (Wildman–Crippen MR) is 111 cm³/mol. The summed E-state index contributed by atoms with van der Waals surface area (Å²) in [6.07, 6.45) is 0.434. The minimum absolute atomic E-state index is 0.127. The summed E-state index contributed by atoms with van der Waals surface area (Å²) in [6, 6.07) is 12.2. The van der Waals surface area contributed by atoms with Gasteiger partial charge in [0.05, 0.1) is 11.3 Å². The monoisotopic (exact) mass is 468 g/mol. The molecule has 2 aromatic rings. The van der Waals surface area contributed by atoms with Crippen LogP contribution in [0, 0.1) is 0 Å². The SMILES string of the molecule is O=C(O)CCN(C1(C(=O)NO)CCC1)S(=O)(=O)c1ccc(Oc2ccc(Cl)cc2)cc1. The Morgan fingerprint density at radius 2 is 1.61 bits per heavy atom. The Labute approximate surface area is 184 Å². The van der Waals surface area contributed by atoms with Crippen molar-refractivity contribution in [1.29, 1.82) is 0 Å². The summed E-state index contributed by atoms with van der Waals surface area (Å²) < 4.78 is 33.2. The van der Waals surface area contributed by atoms with E-state index in [1.807, 2.05) is 0 Å². The summed E-state index contributed by atoms with van der Waals surface area (Å²) in [5.74, 6) is -1.19. The average Bonchev–Trinajstić information content (AvgIpc) is 2.71. The van der Waals surface area contributed by atoms with E-state index >= 15 is 0 Å². The number of nitrogens with one attached hydrogen (secondary N) is 1. The number of hydroxylamine groups is 1. The van der Waals surface area contributed by atoms with Crippen molar-refractivity contribution in [2.75, 3.05) is 6.54 Å². The molecular weight excluding hydrogens is 448 g/mol. The van der Waals surface area contributed by atoms with Crippen molar-refractivity contribution >= 4 is 33.5 Å². The van der Waals surface area contributed by atoms with Gasteiger partial charge in [-0.2, -0.15) is 4.31 Å². The quantitative estimate of drug-likeness (QED) is 0.380. The van der Waals surface area contributed by atoms with Crippen LogP contribution in [0.4, 0.5) is 0 Å². The normalized spacial score (nSPS) is 15.2. The second-order valence-electron chi connectivity index (χ2n) is 7.07. The molecule has 0 saturated heterocycles. The topological polar surface area (TPSA) is 133 Å². The Hall–Kier alpha value is -2.66. The molecular formula is C20H21ClN2O7S. The number of carbonyl (C=O) groups is 2. The molecule has 2 aromatic carbocycles. The van der Waals surface area contributed by atoms with Crippen LogP contribution in [0.25, 0.3) is 0 Å². The van der Waals surface area contributed by atoms with Gasteiger partial charge >= 0.3 is 5.97 Å². The smallest absolute Gasteiger partial charge is 0.304 e. The number of aliphatic carboxylic acids is 1. The van der Waals surface area contributed by atoms with Crippen molar-refractivity contribution in [1.82, 2.24) is 9.79 Å². The molecule has 166 valence electrons. The van der Waals surface area contributed by atoms with E-state index in [0.717, 1.165) is 4.31 Å². The van der Waals surface area contributed by atoms with Gasteiger partial charge in [-0.3, -0.25) is 14.8 Å². The summed E-state index contributed by atoms with van der Waals surface area (Å²) in [5, 5.41) is 18.7. The molecule has 0 unspecified atom stereocenters. The highest BCUT2D eigenvalue weighted by Crippen LogP contribution is 2.41. The second kappa shape index (κ2) is 9.23. The van der Waals surface area contributed by atoms with E-state index in [1.54, 1.807) is 24.3 Å². The van der Waals surface area contributed by atoms with Crippen molar-refractivity contribution in [3.8, 4) is 11.5 Å². The number of amides is 1. The van der Waals surface area contributed by atoms with Gasteiger partial charge in [0.25, 0.3) is 5.91 Å². The first-order chi connectivity index (χ1) is 14.7. The van der Waals surface area contributed by atoms with Crippen LogP contribution >= 0.6 is 11.6 Å². The van der Waals surface area contributed by atoms with E-state index in [-0.39, 0.29) is 17.7 Å². The van der Waals surface area contributed by atoms with Crippen LogP contribution < -0.4 is 10.2 Å². The number of nitrogens with zero attached hydrogens (tertiary/aromatic N) is 1. The molecule has 0 radical (unpaired) electrons. The van der Waals surface area contributed by atoms with E-state index < -0.39 is 40.4 Å². The standard InChI is InChI=1S/C20H21ClN2O7S/c21-14-2-4-15(5-3-14)30-16-6-8-17(9-7-16)31(28,29)23(13-10-18(24)25)20(11-1-12-20)19(26)22-27/h2-9,27H,1,10-13H2,(H,22,26)(H,24,25). The fraction of sp³-hybridized carbons (Fsp3) is 0.300. The van der Waals surface area contributed by atoms with Crippen LogP contribution in [-0.4, -0.2) is 47.0 Å². The molecule has 1 amide bonds. The zero-order chi connectivity index (χ0) is 22.6. The van der Waals surface area contributed by atoms with Gasteiger partial charge in [0, 0.05) is 11.6 Å². The number of hydrogen-bond acceptors (Lipinski definition) is 6. The summed E-state index contributed by atoms with van der Waals surface area (Å²) in [5.41, 5.74) is -0.00838. The molecule has 3 N–H and O–H groups in total. The molecule has 0 spiro atoms. The van der Waals surface area contributed by atoms with Crippen LogP contribution in [0.2, 0.25) is 5.02 Å². The number of carboxylic acid groups (broad SMARTS) is 1. The Morgan fingerprint density at radius 1 is 1.06 bits per heavy atom. The molecule has 9 nitrogen and oxygen atoms in total. The zero-order valence-electron chi connectivity index (χ0n) is 16.3. The van der Waals surface area contributed by atoms with Gasteiger partial charge in [-0.25, -0.2) is 13.9 Å². The number of ether oxygens (including phenoxy) is 1. The number of rotatable bonds is 9. The lowest BCUT2D eigenvalue weighted by molar-refractivity contribution is -0.146. The molecule has 3 rings (SSSR count). The van der Waals surface area contributed by atoms with Crippen LogP contribution in [-0.2, 0) is 19.6 Å². The zero-order valence-corrected chi connectivity index (χ0v) is 17.9. The molecule has 1 aliphatic carbocycles. The Morgan fingerprint density at radius 3 is 2.06 bits per heavy atom. The lowest BCUT2D eigenvalue weighted by Crippen LogP contribution is -2.64. The van der Waals surface area contributed by atoms with Gasteiger partial charge in [-0.05, 0) is 67.8 Å². The maximum absolute atomic E-state index is 13.3. The number of sulfonamides is 1. The second-order valence-corrected chi connectivity index (χ2v) is 9.37. The van der Waals surface area contributed by atoms with Gasteiger partial charge in [-0.15, -0.1) is 0 Å². The molecule has 0 aromatic heterocycles. The third-order valence-electron chi connectivity index (χ3n) is 5.17. The molecule has 0 heterocycles. The first kappa shape index (κ1) is 23.0. The van der Waals surface area contributed by atoms with Gasteiger partial charge in [0.2, 0.25) is 10.0 Å². The van der Waals surface area contributed by atoms with Gasteiger partial charge in [0.1, 0.15) is 17.0 Å². The number of carboxylic acids is 1. The van der Waals surface area contributed by atoms with E-state index in [0.29, 0.717) is 22.9 Å². The average molecular weight is 469 g/mol. The predicted octanol–water partition coefficient (Wildman–Crippen LogP) is 3.03. The summed E-state index contributed by atoms with van der Waals surface area (Å²) in [6.45, 7) is -0.409. The van der Waals surface area contributed by atoms with Crippen LogP contribution in [0.15, 0.2) is 53.4 Å². The molecule has 0 bridgehead atoms. The minimum atomic E-state index is -4.24. The third kappa shape index (κ3) is 4.82. The lowest BCUT2D eigenvalue weighted by Gasteiger charge is -2.46. The highest BCUT2D eigenvalue weighted by atomic mass is 35.5. The van der Waals surface area contributed by atoms with Crippen molar-refractivity contribution in [3.05, 3.63) is 53.6 Å². The van der Waals surface area contributed by atoms with Gasteiger partial charge in [0.15, 0.2) is 0 Å². The summed E-state index contributed by atoms with van der Waals surface area (Å²) in [7, 11) is -4.24. The molecule has 11 heteroatoms. The fourth-order valence-electron chi connectivity index (χ4n) is 3.41. The highest BCUT2D eigenvalue weighted by molar-refractivity contribution is 7.89. The van der Waals surface area contributed by atoms with Gasteiger partial charge in [-0.1, -0.05) is 11.6 Å². The molecule has 1 aliphatic rings. The van der Waals surface area contributed by atoms with Crippen LogP contribution in [0.3, 0.4) is 0 Å². The van der Waals surface area contributed by atoms with Crippen LogP contribution in [0.1, 0.15) is 25.7 Å². The Bertz CT molecular complexity index is 1050. The molecule has 0 atom stereocenters. The van der Waals surface area contributed by atoms with Crippen LogP contribution in [0.5, 0.6) is 11.5 Å². The van der Waals surface area contributed by atoms with Crippen molar-refractivity contribution < 1.29 is 33.1 Å². The highest BCUT2D eigenvalue weighted by Gasteiger charge is 2.53. The molecule has 31 heavy (non-hydrogen) atoms. The molecule has 0 aliphatic heterocycles. The fourth-order valence-corrected chi connectivity index (χ4v) is 5.33. The van der Waals surface area contributed by atoms with Crippen molar-refractivity contribution in [2.24, 2.45) is 0 Å². The minimum Gasteiger partial charge on any atom is -0.481 e. The molecule has 1 saturated carbocycles. The summed E-state index contributed by atoms with van der Waals surface area (Å²) in [4.78, 5) is 23.3. The maximum Gasteiger partial charge on any atom is 0.304 e. The Balaban J connectivity index is 1.89. The first-order valence-electron chi connectivity index (χ1n) is 9.42. The number of halogens is 1.